The van der Waals surface area contributed by atoms with Crippen LogP contribution in [0.2, 0.25) is 0 Å². The number of rotatable bonds is 6. The molecule has 0 radical (unpaired) electrons. The average molecular weight is 174 g/mol. The Hall–Kier alpha value is -0.120. The van der Waals surface area contributed by atoms with Crippen molar-refractivity contribution in [2.45, 2.75) is 19.9 Å². The largest absolute Gasteiger partial charge is 0.395 e. The Morgan fingerprint density at radius 2 is 1.92 bits per heavy atom. The molecular weight excluding hydrogens is 152 g/mol. The van der Waals surface area contributed by atoms with Gasteiger partial charge in [-0.25, -0.2) is 0 Å². The van der Waals surface area contributed by atoms with Crippen LogP contribution in [0.3, 0.4) is 0 Å². The van der Waals surface area contributed by atoms with Crippen LogP contribution < -0.4 is 5.32 Å². The summed E-state index contributed by atoms with van der Waals surface area (Å²) in [6.07, 6.45) is 0. The molecule has 0 aliphatic rings. The quantitative estimate of drug-likeness (QED) is 0.602. The average Bonchev–Trinajstić information content (AvgIpc) is 1.96. The predicted octanol–water partition coefficient (Wildman–Crippen LogP) is 0.155. The van der Waals surface area contributed by atoms with Gasteiger partial charge in [-0.2, -0.15) is 0 Å². The minimum atomic E-state index is 0.219. The summed E-state index contributed by atoms with van der Waals surface area (Å²) in [6.45, 7) is 6.32. The van der Waals surface area contributed by atoms with Crippen LogP contribution >= 0.6 is 0 Å². The van der Waals surface area contributed by atoms with Crippen LogP contribution in [0.4, 0.5) is 0 Å². The maximum Gasteiger partial charge on any atom is 0.0556 e. The van der Waals surface area contributed by atoms with Crippen LogP contribution in [0.5, 0.6) is 0 Å². The topological polar surface area (TPSA) is 35.5 Å². The molecule has 0 aromatic rings. The van der Waals surface area contributed by atoms with Gasteiger partial charge in [0.05, 0.1) is 6.61 Å². The van der Waals surface area contributed by atoms with Crippen molar-refractivity contribution in [2.75, 3.05) is 33.8 Å². The van der Waals surface area contributed by atoms with Gasteiger partial charge in [-0.05, 0) is 20.0 Å². The number of nitrogens with one attached hydrogen (secondary N) is 1. The first-order valence-electron chi connectivity index (χ1n) is 4.57. The molecule has 0 bridgehead atoms. The Bertz CT molecular complexity index is 105. The second-order valence-electron chi connectivity index (χ2n) is 3.79. The van der Waals surface area contributed by atoms with Crippen LogP contribution in [-0.4, -0.2) is 49.8 Å². The van der Waals surface area contributed by atoms with Gasteiger partial charge in [0, 0.05) is 19.1 Å². The zero-order valence-corrected chi connectivity index (χ0v) is 8.67. The van der Waals surface area contributed by atoms with Crippen molar-refractivity contribution in [3.8, 4) is 0 Å². The van der Waals surface area contributed by atoms with Crippen molar-refractivity contribution in [1.82, 2.24) is 10.2 Å². The van der Waals surface area contributed by atoms with Gasteiger partial charge in [0.15, 0.2) is 0 Å². The molecule has 3 heteroatoms. The molecule has 12 heavy (non-hydrogen) atoms. The van der Waals surface area contributed by atoms with Crippen molar-refractivity contribution in [3.05, 3.63) is 0 Å². The van der Waals surface area contributed by atoms with E-state index in [1.54, 1.807) is 0 Å². The van der Waals surface area contributed by atoms with Crippen molar-refractivity contribution in [2.24, 2.45) is 5.92 Å². The summed E-state index contributed by atoms with van der Waals surface area (Å²) in [6, 6.07) is 0.479. The van der Waals surface area contributed by atoms with Gasteiger partial charge < -0.3 is 15.3 Å². The zero-order valence-electron chi connectivity index (χ0n) is 8.67. The predicted molar refractivity (Wildman–Crippen MR) is 52.3 cm³/mol. The Kier molecular flexibility index (Phi) is 6.34. The van der Waals surface area contributed by atoms with E-state index in [0.29, 0.717) is 18.5 Å². The molecule has 1 unspecified atom stereocenters. The monoisotopic (exact) mass is 174 g/mol. The molecule has 74 valence electrons. The summed E-state index contributed by atoms with van der Waals surface area (Å²) >= 11 is 0. The first-order chi connectivity index (χ1) is 5.57. The van der Waals surface area contributed by atoms with Crippen LogP contribution in [-0.2, 0) is 0 Å². The van der Waals surface area contributed by atoms with Crippen molar-refractivity contribution in [1.29, 1.82) is 0 Å². The molecular formula is C9H22N2O. The molecule has 0 rings (SSSR count). The Morgan fingerprint density at radius 3 is 2.25 bits per heavy atom. The van der Waals surface area contributed by atoms with Crippen LogP contribution in [0.1, 0.15) is 13.8 Å². The molecule has 0 aliphatic heterocycles. The first kappa shape index (κ1) is 11.9. The van der Waals surface area contributed by atoms with Gasteiger partial charge in [0.2, 0.25) is 0 Å². The van der Waals surface area contributed by atoms with E-state index in [2.05, 4.69) is 38.2 Å². The van der Waals surface area contributed by atoms with E-state index in [0.717, 1.165) is 6.54 Å². The third-order valence-electron chi connectivity index (χ3n) is 1.88. The maximum atomic E-state index is 8.65. The lowest BCUT2D eigenvalue weighted by Crippen LogP contribution is -2.43. The van der Waals surface area contributed by atoms with Crippen molar-refractivity contribution in [3.63, 3.8) is 0 Å². The third kappa shape index (κ3) is 5.52. The Balaban J connectivity index is 3.70. The van der Waals surface area contributed by atoms with E-state index in [9.17, 15) is 0 Å². The van der Waals surface area contributed by atoms with Crippen LogP contribution in [0, 0.1) is 5.92 Å². The highest BCUT2D eigenvalue weighted by Crippen LogP contribution is 2.01. The molecule has 3 nitrogen and oxygen atoms in total. The Morgan fingerprint density at radius 1 is 1.33 bits per heavy atom. The summed E-state index contributed by atoms with van der Waals surface area (Å²) in [5, 5.41) is 12.0. The first-order valence-corrected chi connectivity index (χ1v) is 4.57. The maximum absolute atomic E-state index is 8.65. The summed E-state index contributed by atoms with van der Waals surface area (Å²) in [7, 11) is 4.13. The second-order valence-corrected chi connectivity index (χ2v) is 3.79. The minimum Gasteiger partial charge on any atom is -0.395 e. The smallest absolute Gasteiger partial charge is 0.0556 e. The molecule has 0 aliphatic carbocycles. The standard InChI is InChI=1S/C9H22N2O/c1-8(2)9(7-11(3)4)10-5-6-12/h8-10,12H,5-7H2,1-4H3. The fourth-order valence-corrected chi connectivity index (χ4v) is 1.15. The number of aliphatic hydroxyl groups excluding tert-OH is 1. The molecule has 0 fully saturated rings. The molecule has 0 saturated carbocycles. The summed E-state index contributed by atoms with van der Waals surface area (Å²) < 4.78 is 0. The van der Waals surface area contributed by atoms with E-state index in [1.165, 1.54) is 0 Å². The van der Waals surface area contributed by atoms with Gasteiger partial charge in [0.25, 0.3) is 0 Å². The molecule has 0 aromatic heterocycles. The second kappa shape index (κ2) is 6.40. The normalized spacial score (nSPS) is 14.2. The molecule has 0 spiro atoms. The van der Waals surface area contributed by atoms with Gasteiger partial charge in [-0.1, -0.05) is 13.8 Å². The van der Waals surface area contributed by atoms with Crippen molar-refractivity contribution < 1.29 is 5.11 Å². The van der Waals surface area contributed by atoms with Gasteiger partial charge >= 0.3 is 0 Å². The van der Waals surface area contributed by atoms with E-state index in [4.69, 9.17) is 5.11 Å². The summed E-state index contributed by atoms with van der Waals surface area (Å²) in [5.74, 6) is 0.610. The molecule has 1 atom stereocenters. The molecule has 0 amide bonds. The summed E-state index contributed by atoms with van der Waals surface area (Å²) in [4.78, 5) is 2.16. The molecule has 0 aromatic carbocycles. The number of likely N-dealkylation sites (N-methyl/N-ethyl adjacent to an activating group) is 1. The van der Waals surface area contributed by atoms with Crippen LogP contribution in [0.15, 0.2) is 0 Å². The van der Waals surface area contributed by atoms with Gasteiger partial charge in [-0.15, -0.1) is 0 Å². The fraction of sp³-hybridized carbons (Fsp3) is 1.00. The molecule has 0 heterocycles. The molecule has 2 N–H and O–H groups in total. The van der Waals surface area contributed by atoms with E-state index >= 15 is 0 Å². The minimum absolute atomic E-state index is 0.219. The highest BCUT2D eigenvalue weighted by molar-refractivity contribution is 4.72. The van der Waals surface area contributed by atoms with E-state index < -0.39 is 0 Å². The number of aliphatic hydroxyl groups is 1. The third-order valence-corrected chi connectivity index (χ3v) is 1.88. The molecule has 0 saturated heterocycles. The number of hydrogen-bond acceptors (Lipinski definition) is 3. The van der Waals surface area contributed by atoms with E-state index in [-0.39, 0.29) is 6.61 Å². The SMILES string of the molecule is CC(C)C(CN(C)C)NCCO. The lowest BCUT2D eigenvalue weighted by Gasteiger charge is -2.25. The fourth-order valence-electron chi connectivity index (χ4n) is 1.15. The number of hydrogen-bond donors (Lipinski definition) is 2. The summed E-state index contributed by atoms with van der Waals surface area (Å²) in [5.41, 5.74) is 0. The number of nitrogens with zero attached hydrogens (tertiary/aromatic N) is 1. The lowest BCUT2D eigenvalue weighted by atomic mass is 10.0. The lowest BCUT2D eigenvalue weighted by molar-refractivity contribution is 0.248. The van der Waals surface area contributed by atoms with E-state index in [1.807, 2.05) is 0 Å². The highest BCUT2D eigenvalue weighted by atomic mass is 16.3. The zero-order chi connectivity index (χ0) is 9.56. The van der Waals surface area contributed by atoms with Gasteiger partial charge in [0.1, 0.15) is 0 Å². The Labute approximate surface area is 75.8 Å². The van der Waals surface area contributed by atoms with Gasteiger partial charge in [-0.3, -0.25) is 0 Å². The van der Waals surface area contributed by atoms with Crippen LogP contribution in [0.25, 0.3) is 0 Å². The highest BCUT2D eigenvalue weighted by Gasteiger charge is 2.12. The van der Waals surface area contributed by atoms with Crippen molar-refractivity contribution >= 4 is 0 Å².